The van der Waals surface area contributed by atoms with Crippen molar-refractivity contribution in [2.45, 2.75) is 32.1 Å². The monoisotopic (exact) mass is 218 g/mol. The van der Waals surface area contributed by atoms with Gasteiger partial charge in [0.2, 0.25) is 5.91 Å². The third kappa shape index (κ3) is 3.95. The smallest absolute Gasteiger partial charge is 0.241 e. The molecule has 0 radical (unpaired) electrons. The maximum absolute atomic E-state index is 11.4. The second-order valence-electron chi connectivity index (χ2n) is 3.25. The summed E-state index contributed by atoms with van der Waals surface area (Å²) in [5.74, 6) is 0.194. The van der Waals surface area contributed by atoms with Crippen molar-refractivity contribution in [1.29, 1.82) is 0 Å². The number of carbonyl (C=O) groups excluding carboxylic acids is 1. The van der Waals surface area contributed by atoms with Gasteiger partial charge < -0.3 is 0 Å². The Bertz CT molecular complexity index is 202. The number of nitrogens with one attached hydrogen (secondary N) is 2. The Labute approximate surface area is 89.0 Å². The number of rotatable bonds is 1. The molecule has 0 aromatic carbocycles. The second-order valence-corrected chi connectivity index (χ2v) is 4.41. The lowest BCUT2D eigenvalue weighted by atomic mass is 9.89. The molecule has 2 N–H and O–H groups in total. The van der Waals surface area contributed by atoms with E-state index in [1.165, 1.54) is 6.42 Å². The number of thiol groups is 1. The number of hydrazine groups is 1. The van der Waals surface area contributed by atoms with E-state index in [4.69, 9.17) is 0 Å². The molecule has 0 aliphatic heterocycles. The summed E-state index contributed by atoms with van der Waals surface area (Å²) in [5, 5.41) is 0. The van der Waals surface area contributed by atoms with E-state index >= 15 is 0 Å². The van der Waals surface area contributed by atoms with Gasteiger partial charge in [0.15, 0.2) is 0 Å². The van der Waals surface area contributed by atoms with Crippen LogP contribution in [-0.4, -0.2) is 10.2 Å². The first-order valence-corrected chi connectivity index (χ1v) is 5.34. The van der Waals surface area contributed by atoms with Gasteiger partial charge in [-0.15, -0.1) is 12.6 Å². The zero-order valence-corrected chi connectivity index (χ0v) is 9.09. The van der Waals surface area contributed by atoms with E-state index in [0.717, 1.165) is 25.7 Å². The van der Waals surface area contributed by atoms with Crippen LogP contribution in [0.25, 0.3) is 0 Å². The lowest BCUT2D eigenvalue weighted by Crippen LogP contribution is -2.42. The largest absolute Gasteiger partial charge is 0.283 e. The van der Waals surface area contributed by atoms with E-state index < -0.39 is 0 Å². The molecule has 0 atom stereocenters. The fourth-order valence-corrected chi connectivity index (χ4v) is 1.69. The van der Waals surface area contributed by atoms with Crippen LogP contribution in [0.15, 0.2) is 0 Å². The molecule has 0 saturated heterocycles. The van der Waals surface area contributed by atoms with E-state index in [2.05, 4.69) is 35.7 Å². The van der Waals surface area contributed by atoms with E-state index in [-0.39, 0.29) is 11.8 Å². The molecule has 1 aliphatic rings. The minimum atomic E-state index is 0.0381. The summed E-state index contributed by atoms with van der Waals surface area (Å²) in [7, 11) is 0. The number of amides is 1. The molecule has 0 bridgehead atoms. The Balaban J connectivity index is 2.25. The highest BCUT2D eigenvalue weighted by molar-refractivity contribution is 8.11. The number of thiocarbonyl (C=S) groups is 1. The van der Waals surface area contributed by atoms with Crippen LogP contribution in [0.2, 0.25) is 0 Å². The van der Waals surface area contributed by atoms with Gasteiger partial charge in [-0.1, -0.05) is 31.5 Å². The molecule has 0 spiro atoms. The van der Waals surface area contributed by atoms with Crippen LogP contribution in [0.4, 0.5) is 0 Å². The molecule has 13 heavy (non-hydrogen) atoms. The summed E-state index contributed by atoms with van der Waals surface area (Å²) in [4.78, 5) is 11.4. The van der Waals surface area contributed by atoms with Gasteiger partial charge in [0.25, 0.3) is 0 Å². The zero-order valence-electron chi connectivity index (χ0n) is 7.38. The molecule has 3 nitrogen and oxygen atoms in total. The normalized spacial score (nSPS) is 17.9. The molecule has 74 valence electrons. The quantitative estimate of drug-likeness (QED) is 0.354. The Kier molecular flexibility index (Phi) is 4.52. The summed E-state index contributed by atoms with van der Waals surface area (Å²) in [6.45, 7) is 0. The molecule has 0 aromatic rings. The summed E-state index contributed by atoms with van der Waals surface area (Å²) in [6, 6.07) is 0. The van der Waals surface area contributed by atoms with Gasteiger partial charge in [0.1, 0.15) is 4.32 Å². The van der Waals surface area contributed by atoms with E-state index in [1.54, 1.807) is 0 Å². The first kappa shape index (κ1) is 10.8. The van der Waals surface area contributed by atoms with Crippen molar-refractivity contribution < 1.29 is 4.79 Å². The van der Waals surface area contributed by atoms with Gasteiger partial charge in [0, 0.05) is 5.92 Å². The average Bonchev–Trinajstić information content (AvgIpc) is 2.15. The van der Waals surface area contributed by atoms with Gasteiger partial charge in [-0.3, -0.25) is 15.6 Å². The molecule has 1 amide bonds. The van der Waals surface area contributed by atoms with Crippen molar-refractivity contribution in [1.82, 2.24) is 10.9 Å². The highest BCUT2D eigenvalue weighted by Gasteiger charge is 2.20. The molecule has 1 saturated carbocycles. The highest BCUT2D eigenvalue weighted by atomic mass is 32.1. The maximum Gasteiger partial charge on any atom is 0.241 e. The highest BCUT2D eigenvalue weighted by Crippen LogP contribution is 2.23. The molecular formula is C8H14N2OS2. The number of hydrogen-bond donors (Lipinski definition) is 3. The summed E-state index contributed by atoms with van der Waals surface area (Å²) in [6.07, 6.45) is 5.55. The van der Waals surface area contributed by atoms with Crippen molar-refractivity contribution in [3.8, 4) is 0 Å². The minimum absolute atomic E-state index is 0.0381. The molecule has 1 aliphatic carbocycles. The summed E-state index contributed by atoms with van der Waals surface area (Å²) >= 11 is 8.50. The van der Waals surface area contributed by atoms with Crippen LogP contribution in [0.5, 0.6) is 0 Å². The average molecular weight is 218 g/mol. The van der Waals surface area contributed by atoms with Crippen LogP contribution < -0.4 is 10.9 Å². The molecular weight excluding hydrogens is 204 g/mol. The van der Waals surface area contributed by atoms with Crippen LogP contribution in [-0.2, 0) is 4.79 Å². The lowest BCUT2D eigenvalue weighted by molar-refractivity contribution is -0.126. The van der Waals surface area contributed by atoms with Gasteiger partial charge in [0.05, 0.1) is 0 Å². The summed E-state index contributed by atoms with van der Waals surface area (Å²) in [5.41, 5.74) is 5.08. The molecule has 0 heterocycles. The van der Waals surface area contributed by atoms with Crippen LogP contribution in [0.1, 0.15) is 32.1 Å². The standard InChI is InChI=1S/C8H14N2OS2/c11-7(9-10-8(12)13)6-4-2-1-3-5-6/h6H,1-5H2,(H,9,11)(H2,10,12,13). The molecule has 1 fully saturated rings. The van der Waals surface area contributed by atoms with Crippen LogP contribution in [0.3, 0.4) is 0 Å². The summed E-state index contributed by atoms with van der Waals surface area (Å²) < 4.78 is 0.296. The lowest BCUT2D eigenvalue weighted by Gasteiger charge is -2.20. The topological polar surface area (TPSA) is 41.1 Å². The van der Waals surface area contributed by atoms with E-state index in [9.17, 15) is 4.79 Å². The fourth-order valence-electron chi connectivity index (χ4n) is 1.58. The number of hydrogen-bond acceptors (Lipinski definition) is 2. The molecule has 0 aromatic heterocycles. The van der Waals surface area contributed by atoms with Gasteiger partial charge >= 0.3 is 0 Å². The zero-order chi connectivity index (χ0) is 9.68. The third-order valence-corrected chi connectivity index (χ3v) is 2.48. The number of carbonyl (C=O) groups is 1. The van der Waals surface area contributed by atoms with Gasteiger partial charge in [-0.25, -0.2) is 0 Å². The Morgan fingerprint density at radius 1 is 1.23 bits per heavy atom. The molecule has 0 unspecified atom stereocenters. The van der Waals surface area contributed by atoms with Gasteiger partial charge in [-0.05, 0) is 12.8 Å². The van der Waals surface area contributed by atoms with Crippen LogP contribution in [0, 0.1) is 5.92 Å². The van der Waals surface area contributed by atoms with Crippen LogP contribution >= 0.6 is 24.8 Å². The van der Waals surface area contributed by atoms with Crippen molar-refractivity contribution in [2.24, 2.45) is 5.92 Å². The Hall–Kier alpha value is -0.290. The Morgan fingerprint density at radius 2 is 1.85 bits per heavy atom. The SMILES string of the molecule is O=C(NNC(=S)S)C1CCCCC1. The fraction of sp³-hybridized carbons (Fsp3) is 0.750. The predicted octanol–water partition coefficient (Wildman–Crippen LogP) is 1.40. The van der Waals surface area contributed by atoms with E-state index in [1.807, 2.05) is 0 Å². The first-order chi connectivity index (χ1) is 6.20. The third-order valence-electron chi connectivity index (χ3n) is 2.27. The van der Waals surface area contributed by atoms with Crippen molar-refractivity contribution in [3.63, 3.8) is 0 Å². The van der Waals surface area contributed by atoms with Crippen molar-refractivity contribution in [3.05, 3.63) is 0 Å². The van der Waals surface area contributed by atoms with Gasteiger partial charge in [-0.2, -0.15) is 0 Å². The first-order valence-electron chi connectivity index (χ1n) is 4.49. The van der Waals surface area contributed by atoms with E-state index in [0.29, 0.717) is 4.32 Å². The Morgan fingerprint density at radius 3 is 2.38 bits per heavy atom. The van der Waals surface area contributed by atoms with Crippen molar-refractivity contribution in [2.75, 3.05) is 0 Å². The van der Waals surface area contributed by atoms with Crippen molar-refractivity contribution >= 4 is 35.1 Å². The predicted molar refractivity (Wildman–Crippen MR) is 59.4 cm³/mol. The molecule has 5 heteroatoms. The maximum atomic E-state index is 11.4. The molecule has 1 rings (SSSR count). The second kappa shape index (κ2) is 5.44. The minimum Gasteiger partial charge on any atom is -0.283 e.